The second-order valence-electron chi connectivity index (χ2n) is 7.39. The van der Waals surface area contributed by atoms with E-state index in [4.69, 9.17) is 9.15 Å². The number of aryl methyl sites for hydroxylation is 1. The second-order valence-corrected chi connectivity index (χ2v) is 7.39. The average Bonchev–Trinajstić information content (AvgIpc) is 3.07. The van der Waals surface area contributed by atoms with Crippen molar-refractivity contribution in [1.82, 2.24) is 10.3 Å². The minimum Gasteiger partial charge on any atom is -0.496 e. The number of aromatic nitrogens is 1. The lowest BCUT2D eigenvalue weighted by atomic mass is 9.74. The van der Waals surface area contributed by atoms with Crippen LogP contribution in [0.2, 0.25) is 0 Å². The third kappa shape index (κ3) is 4.50. The monoisotopic (exact) mass is 372 g/mol. The van der Waals surface area contributed by atoms with Gasteiger partial charge >= 0.3 is 0 Å². The summed E-state index contributed by atoms with van der Waals surface area (Å²) in [5.74, 6) is 1.65. The Kier molecular flexibility index (Phi) is 6.16. The Bertz CT molecular complexity index is 778. The molecule has 1 amide bonds. The van der Waals surface area contributed by atoms with Crippen molar-refractivity contribution >= 4 is 5.91 Å². The molecular weight excluding hydrogens is 344 g/mol. The number of carbonyl (C=O) groups is 1. The lowest BCUT2D eigenvalue weighted by molar-refractivity contribution is -0.121. The molecule has 1 aromatic heterocycles. The molecule has 0 unspecified atom stereocenters. The van der Waals surface area contributed by atoms with E-state index in [9.17, 15) is 9.90 Å². The Hall–Kier alpha value is -2.34. The Morgan fingerprint density at radius 1 is 1.30 bits per heavy atom. The number of rotatable bonds is 7. The highest BCUT2D eigenvalue weighted by Crippen LogP contribution is 2.35. The van der Waals surface area contributed by atoms with Gasteiger partial charge in [-0.25, -0.2) is 4.98 Å². The zero-order valence-electron chi connectivity index (χ0n) is 16.1. The Labute approximate surface area is 159 Å². The molecule has 1 aromatic carbocycles. The number of para-hydroxylation sites is 1. The number of ether oxygens (including phenoxy) is 1. The number of aliphatic hydroxyl groups is 1. The number of nitrogens with zero attached hydrogens (tertiary/aromatic N) is 1. The number of carbonyl (C=O) groups excluding carboxylic acids is 1. The first kappa shape index (κ1) is 19.4. The van der Waals surface area contributed by atoms with Crippen molar-refractivity contribution in [2.75, 3.05) is 20.3 Å². The van der Waals surface area contributed by atoms with Gasteiger partial charge in [0.1, 0.15) is 11.5 Å². The van der Waals surface area contributed by atoms with E-state index >= 15 is 0 Å². The fourth-order valence-electron chi connectivity index (χ4n) is 3.72. The fraction of sp³-hybridized carbons (Fsp3) is 0.524. The Morgan fingerprint density at radius 3 is 2.74 bits per heavy atom. The van der Waals surface area contributed by atoms with E-state index in [1.165, 1.54) is 6.42 Å². The van der Waals surface area contributed by atoms with Crippen molar-refractivity contribution in [3.8, 4) is 17.2 Å². The van der Waals surface area contributed by atoms with Gasteiger partial charge in [0.05, 0.1) is 31.4 Å². The van der Waals surface area contributed by atoms with Crippen molar-refractivity contribution in [2.45, 2.75) is 45.4 Å². The van der Waals surface area contributed by atoms with Gasteiger partial charge in [0, 0.05) is 12.0 Å². The van der Waals surface area contributed by atoms with Gasteiger partial charge in [-0.1, -0.05) is 31.4 Å². The van der Waals surface area contributed by atoms with Crippen molar-refractivity contribution < 1.29 is 19.1 Å². The first-order valence-electron chi connectivity index (χ1n) is 9.54. The van der Waals surface area contributed by atoms with Crippen LogP contribution in [0, 0.1) is 12.3 Å². The third-order valence-corrected chi connectivity index (χ3v) is 5.47. The lowest BCUT2D eigenvalue weighted by Gasteiger charge is -2.35. The van der Waals surface area contributed by atoms with Gasteiger partial charge in [-0.05, 0) is 31.9 Å². The average molecular weight is 372 g/mol. The van der Waals surface area contributed by atoms with Gasteiger partial charge in [0.2, 0.25) is 11.8 Å². The largest absolute Gasteiger partial charge is 0.496 e. The molecule has 146 valence electrons. The maximum atomic E-state index is 12.4. The highest BCUT2D eigenvalue weighted by Gasteiger charge is 2.31. The maximum absolute atomic E-state index is 12.4. The summed E-state index contributed by atoms with van der Waals surface area (Å²) in [6, 6.07) is 7.50. The molecule has 2 aromatic rings. The fourth-order valence-corrected chi connectivity index (χ4v) is 3.72. The summed E-state index contributed by atoms with van der Waals surface area (Å²) < 4.78 is 11.1. The normalized spacial score (nSPS) is 16.1. The van der Waals surface area contributed by atoms with Gasteiger partial charge < -0.3 is 19.6 Å². The van der Waals surface area contributed by atoms with Crippen LogP contribution in [-0.4, -0.2) is 36.3 Å². The van der Waals surface area contributed by atoms with Crippen LogP contribution >= 0.6 is 0 Å². The number of benzene rings is 1. The van der Waals surface area contributed by atoms with E-state index in [2.05, 4.69) is 10.3 Å². The molecule has 0 atom stereocenters. The predicted octanol–water partition coefficient (Wildman–Crippen LogP) is 3.26. The van der Waals surface area contributed by atoms with Crippen LogP contribution in [0.3, 0.4) is 0 Å². The van der Waals surface area contributed by atoms with E-state index in [0.717, 1.165) is 31.2 Å². The molecule has 1 fully saturated rings. The molecule has 0 bridgehead atoms. The van der Waals surface area contributed by atoms with Crippen LogP contribution in [0.25, 0.3) is 11.5 Å². The van der Waals surface area contributed by atoms with Gasteiger partial charge in [-0.3, -0.25) is 4.79 Å². The molecule has 0 aliphatic heterocycles. The van der Waals surface area contributed by atoms with Gasteiger partial charge in [0.15, 0.2) is 0 Å². The zero-order chi connectivity index (χ0) is 19.3. The molecule has 1 saturated carbocycles. The molecule has 6 nitrogen and oxygen atoms in total. The standard InChI is InChI=1S/C21H28N2O4/c1-15-17(23-20(27-15)16-8-4-5-9-18(16)26-2)12-19(25)22-13-21(14-24)10-6-3-7-11-21/h4-5,8-9,24H,3,6-7,10-14H2,1-2H3,(H,22,25). The molecule has 1 heterocycles. The number of nitrogens with one attached hydrogen (secondary N) is 1. The Balaban J connectivity index is 1.65. The zero-order valence-corrected chi connectivity index (χ0v) is 16.1. The highest BCUT2D eigenvalue weighted by molar-refractivity contribution is 5.78. The minimum absolute atomic E-state index is 0.101. The van der Waals surface area contributed by atoms with Crippen LogP contribution in [0.4, 0.5) is 0 Å². The van der Waals surface area contributed by atoms with Crippen molar-refractivity contribution in [1.29, 1.82) is 0 Å². The SMILES string of the molecule is COc1ccccc1-c1nc(CC(=O)NCC2(CO)CCCCC2)c(C)o1. The van der Waals surface area contributed by atoms with Crippen LogP contribution < -0.4 is 10.1 Å². The van der Waals surface area contributed by atoms with E-state index < -0.39 is 0 Å². The minimum atomic E-state index is -0.171. The molecule has 2 N–H and O–H groups in total. The first-order valence-corrected chi connectivity index (χ1v) is 9.54. The summed E-state index contributed by atoms with van der Waals surface area (Å²) in [5.41, 5.74) is 1.21. The van der Waals surface area contributed by atoms with Crippen LogP contribution in [0.1, 0.15) is 43.6 Å². The van der Waals surface area contributed by atoms with Gasteiger partial charge in [-0.2, -0.15) is 0 Å². The second kappa shape index (κ2) is 8.57. The molecule has 27 heavy (non-hydrogen) atoms. The topological polar surface area (TPSA) is 84.6 Å². The number of amides is 1. The summed E-state index contributed by atoms with van der Waals surface area (Å²) >= 11 is 0. The summed E-state index contributed by atoms with van der Waals surface area (Å²) in [4.78, 5) is 16.9. The number of aliphatic hydroxyl groups excluding tert-OH is 1. The van der Waals surface area contributed by atoms with Crippen molar-refractivity contribution in [3.05, 3.63) is 35.7 Å². The molecule has 0 saturated heterocycles. The lowest BCUT2D eigenvalue weighted by Crippen LogP contribution is -2.41. The molecule has 1 aliphatic rings. The van der Waals surface area contributed by atoms with Crippen molar-refractivity contribution in [2.24, 2.45) is 5.41 Å². The first-order chi connectivity index (χ1) is 13.1. The van der Waals surface area contributed by atoms with E-state index in [1.54, 1.807) is 7.11 Å². The molecule has 0 spiro atoms. The van der Waals surface area contributed by atoms with Crippen LogP contribution in [0.15, 0.2) is 28.7 Å². The third-order valence-electron chi connectivity index (χ3n) is 5.47. The van der Waals surface area contributed by atoms with E-state index in [0.29, 0.717) is 29.6 Å². The number of methoxy groups -OCH3 is 1. The predicted molar refractivity (Wildman–Crippen MR) is 103 cm³/mol. The molecular formula is C21H28N2O4. The highest BCUT2D eigenvalue weighted by atomic mass is 16.5. The molecule has 6 heteroatoms. The number of hydrogen-bond donors (Lipinski definition) is 2. The van der Waals surface area contributed by atoms with Crippen LogP contribution in [-0.2, 0) is 11.2 Å². The molecule has 3 rings (SSSR count). The number of oxazole rings is 1. The van der Waals surface area contributed by atoms with Gasteiger partial charge in [-0.15, -0.1) is 0 Å². The molecule has 0 radical (unpaired) electrons. The quantitative estimate of drug-likeness (QED) is 0.779. The van der Waals surface area contributed by atoms with E-state index in [1.807, 2.05) is 31.2 Å². The maximum Gasteiger partial charge on any atom is 0.230 e. The van der Waals surface area contributed by atoms with Crippen LogP contribution in [0.5, 0.6) is 5.75 Å². The Morgan fingerprint density at radius 2 is 2.04 bits per heavy atom. The molecule has 1 aliphatic carbocycles. The van der Waals surface area contributed by atoms with E-state index in [-0.39, 0.29) is 24.3 Å². The van der Waals surface area contributed by atoms with Crippen molar-refractivity contribution in [3.63, 3.8) is 0 Å². The summed E-state index contributed by atoms with van der Waals surface area (Å²) in [6.07, 6.45) is 5.52. The van der Waals surface area contributed by atoms with Gasteiger partial charge in [0.25, 0.3) is 0 Å². The summed E-state index contributed by atoms with van der Waals surface area (Å²) in [5, 5.41) is 12.8. The number of hydrogen-bond acceptors (Lipinski definition) is 5. The summed E-state index contributed by atoms with van der Waals surface area (Å²) in [7, 11) is 1.60. The summed E-state index contributed by atoms with van der Waals surface area (Å²) in [6.45, 7) is 2.44. The smallest absolute Gasteiger partial charge is 0.230 e.